The summed E-state index contributed by atoms with van der Waals surface area (Å²) in [7, 11) is 0. The monoisotopic (exact) mass is 296 g/mol. The first kappa shape index (κ1) is 13.7. The number of hydrogen-bond acceptors (Lipinski definition) is 6. The number of carbonyl (C=O) groups is 2. The molecular formula is C12H12N2O3S2. The van der Waals surface area contributed by atoms with Crippen LogP contribution in [0, 0.1) is 0 Å². The molecule has 2 heterocycles. The van der Waals surface area contributed by atoms with Crippen molar-refractivity contribution in [1.29, 1.82) is 0 Å². The molecule has 0 saturated heterocycles. The lowest BCUT2D eigenvalue weighted by molar-refractivity contribution is -0.142. The van der Waals surface area contributed by atoms with E-state index >= 15 is 0 Å². The standard InChI is InChI=1S/C12H12N2O3S2/c1-2-17-10(15)5-9-7-19-12(13-9)14-11(16)8-3-4-18-6-8/h3-4,6-7H,2,5H2,1H3,(H,13,14,16). The van der Waals surface area contributed by atoms with Crippen LogP contribution in [0.4, 0.5) is 5.13 Å². The number of carbonyl (C=O) groups excluding carboxylic acids is 2. The van der Waals surface area contributed by atoms with Gasteiger partial charge in [-0.2, -0.15) is 11.3 Å². The second-order valence-electron chi connectivity index (χ2n) is 3.59. The van der Waals surface area contributed by atoms with E-state index in [1.54, 1.807) is 23.8 Å². The Morgan fingerprint density at radius 1 is 1.42 bits per heavy atom. The van der Waals surface area contributed by atoms with Crippen molar-refractivity contribution in [3.05, 3.63) is 33.5 Å². The number of hydrogen-bond donors (Lipinski definition) is 1. The smallest absolute Gasteiger partial charge is 0.311 e. The van der Waals surface area contributed by atoms with Gasteiger partial charge in [0.05, 0.1) is 24.3 Å². The highest BCUT2D eigenvalue weighted by molar-refractivity contribution is 7.14. The summed E-state index contributed by atoms with van der Waals surface area (Å²) in [5.74, 6) is -0.512. The normalized spacial score (nSPS) is 10.2. The van der Waals surface area contributed by atoms with Gasteiger partial charge in [0.15, 0.2) is 5.13 Å². The summed E-state index contributed by atoms with van der Waals surface area (Å²) in [6.07, 6.45) is 0.124. The number of nitrogens with one attached hydrogen (secondary N) is 1. The van der Waals surface area contributed by atoms with Crippen molar-refractivity contribution >= 4 is 39.7 Å². The Balaban J connectivity index is 1.94. The van der Waals surface area contributed by atoms with Crippen LogP contribution in [0.2, 0.25) is 0 Å². The van der Waals surface area contributed by atoms with Crippen LogP contribution in [0.3, 0.4) is 0 Å². The molecule has 0 unspecified atom stereocenters. The predicted octanol–water partition coefficient (Wildman–Crippen LogP) is 2.56. The molecule has 1 N–H and O–H groups in total. The first-order chi connectivity index (χ1) is 9.19. The Hall–Kier alpha value is -1.73. The van der Waals surface area contributed by atoms with Gasteiger partial charge in [0.1, 0.15) is 0 Å². The summed E-state index contributed by atoms with van der Waals surface area (Å²) < 4.78 is 4.83. The molecule has 0 aromatic carbocycles. The topological polar surface area (TPSA) is 68.3 Å². The van der Waals surface area contributed by atoms with Gasteiger partial charge in [-0.15, -0.1) is 11.3 Å². The molecule has 100 valence electrons. The summed E-state index contributed by atoms with van der Waals surface area (Å²) >= 11 is 2.75. The number of thiazole rings is 1. The van der Waals surface area contributed by atoms with Gasteiger partial charge in [-0.1, -0.05) is 0 Å². The second-order valence-corrected chi connectivity index (χ2v) is 5.23. The maximum atomic E-state index is 11.8. The Kier molecular flexibility index (Phi) is 4.64. The van der Waals surface area contributed by atoms with Crippen molar-refractivity contribution in [2.45, 2.75) is 13.3 Å². The molecule has 19 heavy (non-hydrogen) atoms. The maximum absolute atomic E-state index is 11.8. The van der Waals surface area contributed by atoms with Gasteiger partial charge in [0.2, 0.25) is 0 Å². The van der Waals surface area contributed by atoms with Crippen molar-refractivity contribution in [2.75, 3.05) is 11.9 Å². The van der Waals surface area contributed by atoms with E-state index in [1.807, 2.05) is 5.38 Å². The number of ether oxygens (including phenoxy) is 1. The molecule has 2 aromatic heterocycles. The Morgan fingerprint density at radius 2 is 2.26 bits per heavy atom. The van der Waals surface area contributed by atoms with Crippen molar-refractivity contribution in [3.63, 3.8) is 0 Å². The van der Waals surface area contributed by atoms with Crippen LogP contribution in [0.1, 0.15) is 23.0 Å². The molecule has 1 amide bonds. The number of nitrogens with zero attached hydrogens (tertiary/aromatic N) is 1. The van der Waals surface area contributed by atoms with Crippen LogP contribution in [-0.4, -0.2) is 23.5 Å². The quantitative estimate of drug-likeness (QED) is 0.861. The fourth-order valence-corrected chi connectivity index (χ4v) is 2.71. The lowest BCUT2D eigenvalue weighted by Crippen LogP contribution is -2.11. The molecule has 2 aromatic rings. The minimum absolute atomic E-state index is 0.124. The van der Waals surface area contributed by atoms with Gasteiger partial charge >= 0.3 is 5.97 Å². The summed E-state index contributed by atoms with van der Waals surface area (Å²) in [6, 6.07) is 1.74. The number of rotatable bonds is 5. The number of esters is 1. The van der Waals surface area contributed by atoms with E-state index in [1.165, 1.54) is 22.7 Å². The number of thiophene rings is 1. The van der Waals surface area contributed by atoms with Gasteiger partial charge in [-0.25, -0.2) is 4.98 Å². The molecule has 0 aliphatic rings. The number of anilines is 1. The zero-order valence-corrected chi connectivity index (χ0v) is 11.8. The van der Waals surface area contributed by atoms with Crippen molar-refractivity contribution in [1.82, 2.24) is 4.98 Å². The van der Waals surface area contributed by atoms with E-state index < -0.39 is 0 Å². The molecule has 0 saturated carbocycles. The third-order valence-electron chi connectivity index (χ3n) is 2.19. The van der Waals surface area contributed by atoms with Gasteiger partial charge in [-0.3, -0.25) is 14.9 Å². The zero-order valence-electron chi connectivity index (χ0n) is 10.2. The molecule has 0 atom stereocenters. The van der Waals surface area contributed by atoms with Gasteiger partial charge in [-0.05, 0) is 18.4 Å². The first-order valence-electron chi connectivity index (χ1n) is 5.62. The minimum Gasteiger partial charge on any atom is -0.466 e. The van der Waals surface area contributed by atoms with E-state index in [4.69, 9.17) is 4.74 Å². The summed E-state index contributed by atoms with van der Waals surface area (Å²) in [5.41, 5.74) is 1.20. The molecule has 2 rings (SSSR count). The number of aromatic nitrogens is 1. The predicted molar refractivity (Wildman–Crippen MR) is 74.7 cm³/mol. The lowest BCUT2D eigenvalue weighted by atomic mass is 10.3. The second kappa shape index (κ2) is 6.44. The summed E-state index contributed by atoms with van der Waals surface area (Å²) in [4.78, 5) is 27.2. The minimum atomic E-state index is -0.316. The van der Waals surface area contributed by atoms with Crippen LogP contribution < -0.4 is 5.32 Å². The van der Waals surface area contributed by atoms with Gasteiger partial charge in [0, 0.05) is 10.8 Å². The molecule has 0 radical (unpaired) electrons. The average molecular weight is 296 g/mol. The Bertz CT molecular complexity index is 563. The highest BCUT2D eigenvalue weighted by Crippen LogP contribution is 2.17. The van der Waals surface area contributed by atoms with Gasteiger partial charge < -0.3 is 4.74 Å². The first-order valence-corrected chi connectivity index (χ1v) is 7.45. The largest absolute Gasteiger partial charge is 0.466 e. The van der Waals surface area contributed by atoms with E-state index in [-0.39, 0.29) is 18.3 Å². The Labute approximate surface area is 118 Å². The summed E-state index contributed by atoms with van der Waals surface area (Å²) in [6.45, 7) is 2.11. The van der Waals surface area contributed by atoms with E-state index in [0.29, 0.717) is 23.0 Å². The lowest BCUT2D eigenvalue weighted by Gasteiger charge is -1.99. The van der Waals surface area contributed by atoms with Crippen LogP contribution in [-0.2, 0) is 16.0 Å². The summed E-state index contributed by atoms with van der Waals surface area (Å²) in [5, 5.41) is 8.51. The molecule has 0 fully saturated rings. The van der Waals surface area contributed by atoms with Crippen LogP contribution in [0.15, 0.2) is 22.2 Å². The molecular weight excluding hydrogens is 284 g/mol. The maximum Gasteiger partial charge on any atom is 0.311 e. The molecule has 5 nitrogen and oxygen atoms in total. The van der Waals surface area contributed by atoms with Crippen molar-refractivity contribution in [2.24, 2.45) is 0 Å². The average Bonchev–Trinajstić information content (AvgIpc) is 3.00. The molecule has 0 aliphatic carbocycles. The molecule has 7 heteroatoms. The van der Waals surface area contributed by atoms with Crippen LogP contribution >= 0.6 is 22.7 Å². The number of amides is 1. The SMILES string of the molecule is CCOC(=O)Cc1csc(NC(=O)c2ccsc2)n1. The van der Waals surface area contributed by atoms with E-state index in [0.717, 1.165) is 0 Å². The van der Waals surface area contributed by atoms with Crippen LogP contribution in [0.25, 0.3) is 0 Å². The Morgan fingerprint density at radius 3 is 2.95 bits per heavy atom. The van der Waals surface area contributed by atoms with Gasteiger partial charge in [0.25, 0.3) is 5.91 Å². The molecule has 0 spiro atoms. The zero-order chi connectivity index (χ0) is 13.7. The fourth-order valence-electron chi connectivity index (χ4n) is 1.37. The molecule has 0 aliphatic heterocycles. The van der Waals surface area contributed by atoms with E-state index in [9.17, 15) is 9.59 Å². The van der Waals surface area contributed by atoms with Crippen molar-refractivity contribution in [3.8, 4) is 0 Å². The highest BCUT2D eigenvalue weighted by atomic mass is 32.1. The third-order valence-corrected chi connectivity index (χ3v) is 3.68. The van der Waals surface area contributed by atoms with E-state index in [2.05, 4.69) is 10.3 Å². The van der Waals surface area contributed by atoms with Crippen LogP contribution in [0.5, 0.6) is 0 Å². The fraction of sp³-hybridized carbons (Fsp3) is 0.250. The highest BCUT2D eigenvalue weighted by Gasteiger charge is 2.11. The molecule has 0 bridgehead atoms. The third kappa shape index (κ3) is 3.87. The van der Waals surface area contributed by atoms with Crippen molar-refractivity contribution < 1.29 is 14.3 Å².